The van der Waals surface area contributed by atoms with Crippen LogP contribution in [0.2, 0.25) is 0 Å². The largest absolute Gasteiger partial charge is 0.496 e. The molecule has 2 atom stereocenters. The van der Waals surface area contributed by atoms with Gasteiger partial charge in [-0.15, -0.1) is 0 Å². The molecule has 0 radical (unpaired) electrons. The van der Waals surface area contributed by atoms with Crippen LogP contribution in [0.25, 0.3) is 0 Å². The summed E-state index contributed by atoms with van der Waals surface area (Å²) in [5.41, 5.74) is 3.00. The molecule has 0 bridgehead atoms. The monoisotopic (exact) mass is 232 g/mol. The van der Waals surface area contributed by atoms with Crippen molar-refractivity contribution in [1.82, 2.24) is 0 Å². The van der Waals surface area contributed by atoms with Crippen molar-refractivity contribution < 1.29 is 4.74 Å². The van der Waals surface area contributed by atoms with Gasteiger partial charge in [-0.3, -0.25) is 0 Å². The summed E-state index contributed by atoms with van der Waals surface area (Å²) < 4.78 is 5.51. The van der Waals surface area contributed by atoms with Gasteiger partial charge in [-0.1, -0.05) is 39.3 Å². The second-order valence-electron chi connectivity index (χ2n) is 5.50. The lowest BCUT2D eigenvalue weighted by Gasteiger charge is -2.36. The number of hydrogen-bond donors (Lipinski definition) is 0. The molecule has 1 aliphatic carbocycles. The number of hydrogen-bond acceptors (Lipinski definition) is 1. The van der Waals surface area contributed by atoms with Gasteiger partial charge in [0.15, 0.2) is 0 Å². The van der Waals surface area contributed by atoms with E-state index in [1.807, 2.05) is 0 Å². The molecule has 94 valence electrons. The third kappa shape index (κ3) is 2.20. The molecule has 0 heterocycles. The van der Waals surface area contributed by atoms with E-state index in [-0.39, 0.29) is 0 Å². The molecule has 2 unspecified atom stereocenters. The van der Waals surface area contributed by atoms with E-state index in [4.69, 9.17) is 4.74 Å². The molecule has 0 saturated carbocycles. The number of rotatable bonds is 3. The van der Waals surface area contributed by atoms with E-state index in [9.17, 15) is 0 Å². The van der Waals surface area contributed by atoms with E-state index in [0.29, 0.717) is 11.8 Å². The van der Waals surface area contributed by atoms with Crippen LogP contribution in [-0.4, -0.2) is 7.11 Å². The highest BCUT2D eigenvalue weighted by Crippen LogP contribution is 2.44. The second kappa shape index (κ2) is 5.12. The van der Waals surface area contributed by atoms with E-state index >= 15 is 0 Å². The predicted octanol–water partition coefficient (Wildman–Crippen LogP) is 4.41. The van der Waals surface area contributed by atoms with Crippen molar-refractivity contribution in [2.45, 2.75) is 46.0 Å². The molecule has 0 spiro atoms. The van der Waals surface area contributed by atoms with E-state index in [1.165, 1.54) is 30.4 Å². The Hall–Kier alpha value is -0.980. The SMILES string of the molecule is CCC1CCc2c(OC)cccc2C1C(C)C. The van der Waals surface area contributed by atoms with Crippen molar-refractivity contribution in [2.24, 2.45) is 11.8 Å². The van der Waals surface area contributed by atoms with Gasteiger partial charge < -0.3 is 4.74 Å². The first-order chi connectivity index (χ1) is 8.19. The fraction of sp³-hybridized carbons (Fsp3) is 0.625. The van der Waals surface area contributed by atoms with Crippen molar-refractivity contribution in [3.05, 3.63) is 29.3 Å². The van der Waals surface area contributed by atoms with Gasteiger partial charge in [0, 0.05) is 0 Å². The molecule has 1 aromatic rings. The van der Waals surface area contributed by atoms with Crippen LogP contribution in [0.15, 0.2) is 18.2 Å². The van der Waals surface area contributed by atoms with Gasteiger partial charge in [0.2, 0.25) is 0 Å². The first kappa shape index (κ1) is 12.5. The van der Waals surface area contributed by atoms with Crippen molar-refractivity contribution in [2.75, 3.05) is 7.11 Å². The van der Waals surface area contributed by atoms with E-state index < -0.39 is 0 Å². The molecule has 0 N–H and O–H groups in total. The number of ether oxygens (including phenoxy) is 1. The number of benzene rings is 1. The molecule has 1 nitrogen and oxygen atoms in total. The topological polar surface area (TPSA) is 9.23 Å². The van der Waals surface area contributed by atoms with Crippen molar-refractivity contribution >= 4 is 0 Å². The molecule has 1 aliphatic rings. The van der Waals surface area contributed by atoms with E-state index in [0.717, 1.165) is 11.7 Å². The van der Waals surface area contributed by atoms with Crippen LogP contribution in [0.5, 0.6) is 5.75 Å². The van der Waals surface area contributed by atoms with Gasteiger partial charge in [0.1, 0.15) is 5.75 Å². The Morgan fingerprint density at radius 1 is 1.35 bits per heavy atom. The van der Waals surface area contributed by atoms with Crippen LogP contribution in [0.1, 0.15) is 50.7 Å². The Balaban J connectivity index is 2.46. The smallest absolute Gasteiger partial charge is 0.122 e. The average Bonchev–Trinajstić information content (AvgIpc) is 2.36. The summed E-state index contributed by atoms with van der Waals surface area (Å²) in [5, 5.41) is 0. The Bertz CT molecular complexity index is 381. The van der Waals surface area contributed by atoms with Crippen LogP contribution >= 0.6 is 0 Å². The van der Waals surface area contributed by atoms with Gasteiger partial charge in [-0.05, 0) is 47.8 Å². The average molecular weight is 232 g/mol. The van der Waals surface area contributed by atoms with Crippen LogP contribution in [0.3, 0.4) is 0 Å². The van der Waals surface area contributed by atoms with Crippen molar-refractivity contribution in [1.29, 1.82) is 0 Å². The fourth-order valence-corrected chi connectivity index (χ4v) is 3.48. The summed E-state index contributed by atoms with van der Waals surface area (Å²) in [6.07, 6.45) is 3.79. The molecule has 17 heavy (non-hydrogen) atoms. The summed E-state index contributed by atoms with van der Waals surface area (Å²) in [5.74, 6) is 3.35. The summed E-state index contributed by atoms with van der Waals surface area (Å²) in [6.45, 7) is 7.02. The lowest BCUT2D eigenvalue weighted by Crippen LogP contribution is -2.24. The predicted molar refractivity (Wildman–Crippen MR) is 72.7 cm³/mol. The Morgan fingerprint density at radius 2 is 2.12 bits per heavy atom. The van der Waals surface area contributed by atoms with Crippen LogP contribution < -0.4 is 4.74 Å². The standard InChI is InChI=1S/C16H24O/c1-5-12-9-10-13-14(16(12)11(2)3)7-6-8-15(13)17-4/h6-8,11-12,16H,5,9-10H2,1-4H3. The number of methoxy groups -OCH3 is 1. The summed E-state index contributed by atoms with van der Waals surface area (Å²) >= 11 is 0. The van der Waals surface area contributed by atoms with E-state index in [1.54, 1.807) is 7.11 Å². The van der Waals surface area contributed by atoms with Gasteiger partial charge in [0.05, 0.1) is 7.11 Å². The maximum Gasteiger partial charge on any atom is 0.122 e. The fourth-order valence-electron chi connectivity index (χ4n) is 3.48. The molecular weight excluding hydrogens is 208 g/mol. The van der Waals surface area contributed by atoms with Crippen LogP contribution in [-0.2, 0) is 6.42 Å². The van der Waals surface area contributed by atoms with E-state index in [2.05, 4.69) is 39.0 Å². The minimum Gasteiger partial charge on any atom is -0.496 e. The van der Waals surface area contributed by atoms with Gasteiger partial charge in [-0.2, -0.15) is 0 Å². The highest BCUT2D eigenvalue weighted by Gasteiger charge is 2.31. The van der Waals surface area contributed by atoms with Gasteiger partial charge in [0.25, 0.3) is 0 Å². The zero-order valence-electron chi connectivity index (χ0n) is 11.5. The highest BCUT2D eigenvalue weighted by molar-refractivity contribution is 5.44. The highest BCUT2D eigenvalue weighted by atomic mass is 16.5. The zero-order valence-corrected chi connectivity index (χ0v) is 11.5. The van der Waals surface area contributed by atoms with Gasteiger partial charge >= 0.3 is 0 Å². The maximum absolute atomic E-state index is 5.51. The molecule has 1 heteroatoms. The van der Waals surface area contributed by atoms with Crippen molar-refractivity contribution in [3.8, 4) is 5.75 Å². The molecule has 1 aromatic carbocycles. The van der Waals surface area contributed by atoms with Crippen LogP contribution in [0, 0.1) is 11.8 Å². The Morgan fingerprint density at radius 3 is 2.71 bits per heavy atom. The van der Waals surface area contributed by atoms with Crippen LogP contribution in [0.4, 0.5) is 0 Å². The first-order valence-corrected chi connectivity index (χ1v) is 6.84. The second-order valence-corrected chi connectivity index (χ2v) is 5.50. The first-order valence-electron chi connectivity index (χ1n) is 6.84. The molecule has 0 fully saturated rings. The Kier molecular flexibility index (Phi) is 3.76. The molecular formula is C16H24O. The normalized spacial score (nSPS) is 23.6. The molecule has 0 aromatic heterocycles. The Labute approximate surface area is 105 Å². The summed E-state index contributed by atoms with van der Waals surface area (Å²) in [7, 11) is 1.78. The lowest BCUT2D eigenvalue weighted by atomic mass is 9.69. The maximum atomic E-state index is 5.51. The lowest BCUT2D eigenvalue weighted by molar-refractivity contribution is 0.291. The number of fused-ring (bicyclic) bond motifs is 1. The minimum atomic E-state index is 0.707. The zero-order chi connectivity index (χ0) is 12.4. The minimum absolute atomic E-state index is 0.707. The third-order valence-electron chi connectivity index (χ3n) is 4.26. The summed E-state index contributed by atoms with van der Waals surface area (Å²) in [4.78, 5) is 0. The molecule has 0 aliphatic heterocycles. The van der Waals surface area contributed by atoms with Gasteiger partial charge in [-0.25, -0.2) is 0 Å². The molecule has 0 amide bonds. The molecule has 2 rings (SSSR count). The third-order valence-corrected chi connectivity index (χ3v) is 4.26. The molecule has 0 saturated heterocycles. The van der Waals surface area contributed by atoms with Crippen molar-refractivity contribution in [3.63, 3.8) is 0 Å². The quantitative estimate of drug-likeness (QED) is 0.750. The summed E-state index contributed by atoms with van der Waals surface area (Å²) in [6, 6.07) is 6.55.